The van der Waals surface area contributed by atoms with E-state index in [1.54, 1.807) is 13.0 Å². The third-order valence-corrected chi connectivity index (χ3v) is 2.26. The average Bonchev–Trinajstić information content (AvgIpc) is 2.62. The van der Waals surface area contributed by atoms with Crippen molar-refractivity contribution in [3.05, 3.63) is 11.8 Å². The number of nitrogens with zero attached hydrogens (tertiary/aromatic N) is 1. The summed E-state index contributed by atoms with van der Waals surface area (Å²) in [5.41, 5.74) is 0. The van der Waals surface area contributed by atoms with E-state index in [2.05, 4.69) is 29.6 Å². The number of rotatable bonds is 6. The summed E-state index contributed by atoms with van der Waals surface area (Å²) >= 11 is 0. The summed E-state index contributed by atoms with van der Waals surface area (Å²) in [6, 6.07) is 1.59. The van der Waals surface area contributed by atoms with E-state index in [-0.39, 0.29) is 12.3 Å². The molecule has 2 N–H and O–H groups in total. The lowest BCUT2D eigenvalue weighted by Gasteiger charge is -2.06. The van der Waals surface area contributed by atoms with Gasteiger partial charge in [0.15, 0.2) is 5.82 Å². The van der Waals surface area contributed by atoms with Gasteiger partial charge in [-0.2, -0.15) is 0 Å². The maximum Gasteiger partial charge on any atom is 0.235 e. The van der Waals surface area contributed by atoms with Crippen molar-refractivity contribution in [2.45, 2.75) is 33.6 Å². The predicted molar refractivity (Wildman–Crippen MR) is 67.0 cm³/mol. The molecule has 18 heavy (non-hydrogen) atoms. The van der Waals surface area contributed by atoms with Crippen molar-refractivity contribution in [2.24, 2.45) is 5.92 Å². The van der Waals surface area contributed by atoms with E-state index in [0.29, 0.717) is 24.0 Å². The predicted octanol–water partition coefficient (Wildman–Crippen LogP) is 1.47. The number of nitrogens with one attached hydrogen (secondary N) is 2. The van der Waals surface area contributed by atoms with Crippen LogP contribution in [0.1, 0.15) is 32.4 Å². The van der Waals surface area contributed by atoms with Crippen LogP contribution in [0, 0.1) is 12.8 Å². The molecule has 0 aliphatic rings. The van der Waals surface area contributed by atoms with Gasteiger partial charge in [0.25, 0.3) is 0 Å². The minimum absolute atomic E-state index is 0.204. The summed E-state index contributed by atoms with van der Waals surface area (Å²) in [7, 11) is 0. The summed E-state index contributed by atoms with van der Waals surface area (Å²) in [5, 5.41) is 8.79. The molecule has 1 rings (SSSR count). The zero-order chi connectivity index (χ0) is 13.5. The van der Waals surface area contributed by atoms with Gasteiger partial charge in [-0.15, -0.1) is 0 Å². The lowest BCUT2D eigenvalue weighted by molar-refractivity contribution is -0.126. The molecule has 0 saturated heterocycles. The van der Waals surface area contributed by atoms with E-state index >= 15 is 0 Å². The summed E-state index contributed by atoms with van der Waals surface area (Å²) in [6.07, 6.45) is 0.694. The second-order valence-corrected chi connectivity index (χ2v) is 4.58. The smallest absolute Gasteiger partial charge is 0.235 e. The fourth-order valence-corrected chi connectivity index (χ4v) is 1.32. The Hall–Kier alpha value is -1.85. The van der Waals surface area contributed by atoms with Crippen molar-refractivity contribution in [1.82, 2.24) is 10.5 Å². The fraction of sp³-hybridized carbons (Fsp3) is 0.583. The normalized spacial score (nSPS) is 10.4. The van der Waals surface area contributed by atoms with E-state index in [9.17, 15) is 9.59 Å². The van der Waals surface area contributed by atoms with E-state index in [0.717, 1.165) is 6.42 Å². The molecular weight excluding hydrogens is 234 g/mol. The third kappa shape index (κ3) is 5.47. The molecule has 0 saturated carbocycles. The van der Waals surface area contributed by atoms with Gasteiger partial charge >= 0.3 is 0 Å². The molecular formula is C12H19N3O3. The molecule has 2 amide bonds. The van der Waals surface area contributed by atoms with Crippen LogP contribution >= 0.6 is 0 Å². The standard InChI is InChI=1S/C12H19N3O3/c1-8(2)4-5-13-11(16)7-12(17)14-10-6-9(3)18-15-10/h6,8H,4-5,7H2,1-3H3,(H,13,16)(H,14,15,17). The topological polar surface area (TPSA) is 84.2 Å². The van der Waals surface area contributed by atoms with Gasteiger partial charge in [0, 0.05) is 12.6 Å². The third-order valence-electron chi connectivity index (χ3n) is 2.26. The molecule has 0 radical (unpaired) electrons. The summed E-state index contributed by atoms with van der Waals surface area (Å²) in [6.45, 7) is 6.46. The van der Waals surface area contributed by atoms with E-state index in [1.807, 2.05) is 0 Å². The van der Waals surface area contributed by atoms with Crippen LogP contribution < -0.4 is 10.6 Å². The van der Waals surface area contributed by atoms with Crippen molar-refractivity contribution < 1.29 is 14.1 Å². The average molecular weight is 253 g/mol. The highest BCUT2D eigenvalue weighted by atomic mass is 16.5. The van der Waals surface area contributed by atoms with Crippen LogP contribution in [-0.4, -0.2) is 23.5 Å². The molecule has 1 heterocycles. The van der Waals surface area contributed by atoms with Gasteiger partial charge in [-0.1, -0.05) is 19.0 Å². The molecule has 100 valence electrons. The lowest BCUT2D eigenvalue weighted by Crippen LogP contribution is -2.29. The van der Waals surface area contributed by atoms with E-state index < -0.39 is 5.91 Å². The van der Waals surface area contributed by atoms with Crippen LogP contribution in [0.15, 0.2) is 10.6 Å². The first-order valence-corrected chi connectivity index (χ1v) is 5.97. The van der Waals surface area contributed by atoms with Crippen molar-refractivity contribution >= 4 is 17.6 Å². The Labute approximate surface area is 106 Å². The Morgan fingerprint density at radius 3 is 2.67 bits per heavy atom. The van der Waals surface area contributed by atoms with Crippen LogP contribution in [-0.2, 0) is 9.59 Å². The molecule has 0 fully saturated rings. The van der Waals surface area contributed by atoms with E-state index in [4.69, 9.17) is 4.52 Å². The number of hydrogen-bond donors (Lipinski definition) is 2. The van der Waals surface area contributed by atoms with Gasteiger partial charge in [0.1, 0.15) is 12.2 Å². The molecule has 0 spiro atoms. The molecule has 0 aliphatic heterocycles. The highest BCUT2D eigenvalue weighted by Gasteiger charge is 2.11. The molecule has 6 heteroatoms. The number of amides is 2. The lowest BCUT2D eigenvalue weighted by atomic mass is 10.1. The maximum absolute atomic E-state index is 11.5. The van der Waals surface area contributed by atoms with Gasteiger partial charge < -0.3 is 15.2 Å². The van der Waals surface area contributed by atoms with Crippen LogP contribution in [0.25, 0.3) is 0 Å². The van der Waals surface area contributed by atoms with Crippen LogP contribution in [0.2, 0.25) is 0 Å². The summed E-state index contributed by atoms with van der Waals surface area (Å²) < 4.78 is 4.80. The van der Waals surface area contributed by atoms with Crippen molar-refractivity contribution in [1.29, 1.82) is 0 Å². The monoisotopic (exact) mass is 253 g/mol. The fourth-order valence-electron chi connectivity index (χ4n) is 1.32. The Balaban J connectivity index is 2.25. The van der Waals surface area contributed by atoms with Crippen molar-refractivity contribution in [2.75, 3.05) is 11.9 Å². The minimum atomic E-state index is -0.398. The number of carbonyl (C=O) groups excluding carboxylic acids is 2. The molecule has 0 aliphatic carbocycles. The number of carbonyl (C=O) groups is 2. The largest absolute Gasteiger partial charge is 0.360 e. The van der Waals surface area contributed by atoms with E-state index in [1.165, 1.54) is 0 Å². The van der Waals surface area contributed by atoms with Gasteiger partial charge in [0.2, 0.25) is 11.8 Å². The SMILES string of the molecule is Cc1cc(NC(=O)CC(=O)NCCC(C)C)no1. The molecule has 0 bridgehead atoms. The zero-order valence-electron chi connectivity index (χ0n) is 10.9. The Bertz CT molecular complexity index is 412. The second-order valence-electron chi connectivity index (χ2n) is 4.58. The van der Waals surface area contributed by atoms with Gasteiger partial charge in [-0.05, 0) is 19.3 Å². The summed E-state index contributed by atoms with van der Waals surface area (Å²) in [4.78, 5) is 22.9. The molecule has 6 nitrogen and oxygen atoms in total. The van der Waals surface area contributed by atoms with Crippen molar-refractivity contribution in [3.63, 3.8) is 0 Å². The first-order valence-electron chi connectivity index (χ1n) is 5.97. The molecule has 1 aromatic rings. The Morgan fingerprint density at radius 2 is 2.11 bits per heavy atom. The Kier molecular flexibility index (Phi) is 5.35. The van der Waals surface area contributed by atoms with Gasteiger partial charge in [0.05, 0.1) is 0 Å². The number of anilines is 1. The van der Waals surface area contributed by atoms with Crippen LogP contribution in [0.3, 0.4) is 0 Å². The molecule has 1 aromatic heterocycles. The first kappa shape index (κ1) is 14.2. The van der Waals surface area contributed by atoms with Crippen LogP contribution in [0.4, 0.5) is 5.82 Å². The number of hydrogen-bond acceptors (Lipinski definition) is 4. The van der Waals surface area contributed by atoms with Gasteiger partial charge in [-0.25, -0.2) is 0 Å². The number of aromatic nitrogens is 1. The minimum Gasteiger partial charge on any atom is -0.360 e. The van der Waals surface area contributed by atoms with Gasteiger partial charge in [-0.3, -0.25) is 9.59 Å². The first-order chi connectivity index (χ1) is 8.47. The highest BCUT2D eigenvalue weighted by molar-refractivity contribution is 6.03. The van der Waals surface area contributed by atoms with Crippen molar-refractivity contribution in [3.8, 4) is 0 Å². The molecule has 0 unspecified atom stereocenters. The van der Waals surface area contributed by atoms with Crippen LogP contribution in [0.5, 0.6) is 0 Å². The Morgan fingerprint density at radius 1 is 1.39 bits per heavy atom. The maximum atomic E-state index is 11.5. The quantitative estimate of drug-likeness (QED) is 0.752. The summed E-state index contributed by atoms with van der Waals surface area (Å²) in [5.74, 6) is 0.773. The molecule has 0 aromatic carbocycles. The zero-order valence-corrected chi connectivity index (χ0v) is 10.9. The second kappa shape index (κ2) is 6.78. The molecule has 0 atom stereocenters. The highest BCUT2D eigenvalue weighted by Crippen LogP contribution is 2.07. The number of aryl methyl sites for hydroxylation is 1.